The molecule has 226 valence electrons. The number of aryl methyl sites for hydroxylation is 1. The van der Waals surface area contributed by atoms with E-state index < -0.39 is 0 Å². The lowest BCUT2D eigenvalue weighted by molar-refractivity contribution is 0.0785. The molecule has 4 amide bonds. The number of nitrogens with zero attached hydrogens (tertiary/aromatic N) is 3. The summed E-state index contributed by atoms with van der Waals surface area (Å²) in [6.45, 7) is 4.53. The Labute approximate surface area is 258 Å². The summed E-state index contributed by atoms with van der Waals surface area (Å²) in [6, 6.07) is 29.7. The topological polar surface area (TPSA) is 94.2 Å². The maximum Gasteiger partial charge on any atom is 0.321 e. The van der Waals surface area contributed by atoms with Crippen LogP contribution in [0.4, 0.5) is 21.9 Å². The molecule has 1 saturated heterocycles. The first-order chi connectivity index (χ1) is 21.3. The highest BCUT2D eigenvalue weighted by atomic mass is 16.5. The van der Waals surface area contributed by atoms with Crippen LogP contribution >= 0.6 is 0 Å². The highest BCUT2D eigenvalue weighted by molar-refractivity contribution is 6.06. The normalized spacial score (nSPS) is 12.8. The molecule has 0 bridgehead atoms. The summed E-state index contributed by atoms with van der Waals surface area (Å²) in [6.07, 6.45) is 0. The van der Waals surface area contributed by atoms with Gasteiger partial charge in [-0.2, -0.15) is 0 Å². The van der Waals surface area contributed by atoms with Crippen molar-refractivity contribution < 1.29 is 19.1 Å². The quantitative estimate of drug-likeness (QED) is 0.267. The Morgan fingerprint density at radius 1 is 0.795 bits per heavy atom. The molecule has 0 unspecified atom stereocenters. The van der Waals surface area contributed by atoms with Crippen LogP contribution in [0.5, 0.6) is 5.75 Å². The predicted molar refractivity (Wildman–Crippen MR) is 174 cm³/mol. The molecule has 0 aromatic heterocycles. The van der Waals surface area contributed by atoms with Crippen LogP contribution in [0.3, 0.4) is 0 Å². The molecule has 1 heterocycles. The number of amides is 4. The number of hydrogen-bond donors (Lipinski definition) is 2. The fourth-order valence-electron chi connectivity index (χ4n) is 5.24. The molecule has 0 atom stereocenters. The monoisotopic (exact) mass is 591 g/mol. The van der Waals surface area contributed by atoms with E-state index in [2.05, 4.69) is 15.5 Å². The van der Waals surface area contributed by atoms with E-state index in [9.17, 15) is 14.4 Å². The molecule has 1 aliphatic heterocycles. The summed E-state index contributed by atoms with van der Waals surface area (Å²) < 4.78 is 5.26. The number of carbonyl (C=O) groups excluding carboxylic acids is 3. The van der Waals surface area contributed by atoms with E-state index in [1.165, 1.54) is 0 Å². The van der Waals surface area contributed by atoms with Crippen LogP contribution in [-0.2, 0) is 6.54 Å². The van der Waals surface area contributed by atoms with Gasteiger partial charge in [0.15, 0.2) is 0 Å². The number of hydrogen-bond acceptors (Lipinski definition) is 5. The second-order valence-corrected chi connectivity index (χ2v) is 10.8. The molecule has 0 spiro atoms. The Morgan fingerprint density at radius 3 is 2.25 bits per heavy atom. The summed E-state index contributed by atoms with van der Waals surface area (Å²) in [5.74, 6) is 0.111. The van der Waals surface area contributed by atoms with E-state index in [0.717, 1.165) is 22.5 Å². The van der Waals surface area contributed by atoms with Crippen molar-refractivity contribution in [2.24, 2.45) is 0 Å². The average molecular weight is 592 g/mol. The van der Waals surface area contributed by atoms with Crippen molar-refractivity contribution in [3.63, 3.8) is 0 Å². The summed E-state index contributed by atoms with van der Waals surface area (Å²) >= 11 is 0. The third-order valence-corrected chi connectivity index (χ3v) is 7.60. The third kappa shape index (κ3) is 7.36. The van der Waals surface area contributed by atoms with Gasteiger partial charge >= 0.3 is 6.03 Å². The first-order valence-corrected chi connectivity index (χ1v) is 14.6. The van der Waals surface area contributed by atoms with Gasteiger partial charge in [-0.3, -0.25) is 9.59 Å². The molecule has 9 heteroatoms. The van der Waals surface area contributed by atoms with E-state index in [0.29, 0.717) is 55.3 Å². The van der Waals surface area contributed by atoms with Crippen molar-refractivity contribution in [1.29, 1.82) is 0 Å². The van der Waals surface area contributed by atoms with Gasteiger partial charge in [-0.05, 0) is 66.6 Å². The van der Waals surface area contributed by atoms with Crippen molar-refractivity contribution in [2.45, 2.75) is 13.5 Å². The number of rotatable bonds is 8. The van der Waals surface area contributed by atoms with Crippen molar-refractivity contribution in [3.8, 4) is 5.75 Å². The van der Waals surface area contributed by atoms with Gasteiger partial charge in [0.25, 0.3) is 11.8 Å². The molecule has 4 aromatic carbocycles. The number of urea groups is 1. The fraction of sp³-hybridized carbons (Fsp3) is 0.229. The zero-order valence-electron chi connectivity index (χ0n) is 25.2. The van der Waals surface area contributed by atoms with Crippen molar-refractivity contribution >= 4 is 34.9 Å². The zero-order valence-corrected chi connectivity index (χ0v) is 25.2. The molecule has 4 aromatic rings. The minimum absolute atomic E-state index is 0.148. The Balaban J connectivity index is 1.34. The number of methoxy groups -OCH3 is 1. The van der Waals surface area contributed by atoms with Crippen molar-refractivity contribution in [2.75, 3.05) is 55.9 Å². The number of anilines is 3. The average Bonchev–Trinajstić information content (AvgIpc) is 3.05. The second kappa shape index (κ2) is 13.8. The van der Waals surface area contributed by atoms with E-state index in [-0.39, 0.29) is 17.8 Å². The van der Waals surface area contributed by atoms with E-state index in [1.807, 2.05) is 67.6 Å². The molecule has 1 fully saturated rings. The lowest BCUT2D eigenvalue weighted by Crippen LogP contribution is -2.50. The van der Waals surface area contributed by atoms with Gasteiger partial charge in [0, 0.05) is 62.4 Å². The maximum absolute atomic E-state index is 13.9. The number of ether oxygens (including phenoxy) is 1. The maximum atomic E-state index is 13.9. The number of nitrogens with one attached hydrogen (secondary N) is 2. The molecule has 0 radical (unpaired) electrons. The molecule has 5 rings (SSSR count). The lowest BCUT2D eigenvalue weighted by Gasteiger charge is -2.37. The number of carbonyl (C=O) groups is 3. The first-order valence-electron chi connectivity index (χ1n) is 14.6. The molecule has 9 nitrogen and oxygen atoms in total. The van der Waals surface area contributed by atoms with Crippen molar-refractivity contribution in [3.05, 3.63) is 119 Å². The van der Waals surface area contributed by atoms with E-state index >= 15 is 0 Å². The molecular weight excluding hydrogens is 554 g/mol. The van der Waals surface area contributed by atoms with E-state index in [4.69, 9.17) is 4.74 Å². The van der Waals surface area contributed by atoms with Crippen LogP contribution < -0.4 is 20.3 Å². The Kier molecular flexibility index (Phi) is 9.44. The van der Waals surface area contributed by atoms with Gasteiger partial charge in [0.2, 0.25) is 0 Å². The standard InChI is InChI=1S/C35H37N5O4/c1-25-9-7-13-28(21-25)37-35(43)40-19-17-39(18-20-40)32-16-15-29(36-33(41)27-12-8-14-30(22-27)44-3)23-31(32)34(42)38(2)24-26-10-5-4-6-11-26/h4-16,21-23H,17-20,24H2,1-3H3,(H,36,41)(H,37,43). The second-order valence-electron chi connectivity index (χ2n) is 10.8. The van der Waals surface area contributed by atoms with Crippen LogP contribution in [0.25, 0.3) is 0 Å². The van der Waals surface area contributed by atoms with Gasteiger partial charge in [0.1, 0.15) is 5.75 Å². The van der Waals surface area contributed by atoms with Gasteiger partial charge in [-0.1, -0.05) is 48.5 Å². The lowest BCUT2D eigenvalue weighted by atomic mass is 10.1. The molecule has 1 aliphatic rings. The van der Waals surface area contributed by atoms with Crippen molar-refractivity contribution in [1.82, 2.24) is 9.80 Å². The number of piperazine rings is 1. The molecule has 44 heavy (non-hydrogen) atoms. The number of benzene rings is 4. The van der Waals surface area contributed by atoms with Crippen LogP contribution in [0.15, 0.2) is 97.1 Å². The van der Waals surface area contributed by atoms with Gasteiger partial charge < -0.3 is 30.1 Å². The smallest absolute Gasteiger partial charge is 0.321 e. The van der Waals surface area contributed by atoms with E-state index in [1.54, 1.807) is 60.4 Å². The fourth-order valence-corrected chi connectivity index (χ4v) is 5.24. The minimum Gasteiger partial charge on any atom is -0.497 e. The summed E-state index contributed by atoms with van der Waals surface area (Å²) in [5, 5.41) is 5.91. The first kappa shape index (κ1) is 30.2. The highest BCUT2D eigenvalue weighted by Crippen LogP contribution is 2.28. The molecule has 0 aliphatic carbocycles. The molecular formula is C35H37N5O4. The van der Waals surface area contributed by atoms with Crippen LogP contribution in [0, 0.1) is 6.92 Å². The van der Waals surface area contributed by atoms with Gasteiger partial charge in [-0.25, -0.2) is 4.79 Å². The predicted octanol–water partition coefficient (Wildman–Crippen LogP) is 5.88. The highest BCUT2D eigenvalue weighted by Gasteiger charge is 2.26. The summed E-state index contributed by atoms with van der Waals surface area (Å²) in [5.41, 5.74) is 5.04. The Bertz CT molecular complexity index is 1630. The minimum atomic E-state index is -0.305. The SMILES string of the molecule is COc1cccc(C(=O)Nc2ccc(N3CCN(C(=O)Nc4cccc(C)c4)CC3)c(C(=O)N(C)Cc3ccccc3)c2)c1. The van der Waals surface area contributed by atoms with Crippen LogP contribution in [0.1, 0.15) is 31.8 Å². The molecule has 2 N–H and O–H groups in total. The Hall–Kier alpha value is -5.31. The van der Waals surface area contributed by atoms with Crippen LogP contribution in [-0.4, -0.2) is 68.0 Å². The van der Waals surface area contributed by atoms with Gasteiger partial charge in [-0.15, -0.1) is 0 Å². The largest absolute Gasteiger partial charge is 0.497 e. The summed E-state index contributed by atoms with van der Waals surface area (Å²) in [4.78, 5) is 45.5. The summed E-state index contributed by atoms with van der Waals surface area (Å²) in [7, 11) is 3.32. The van der Waals surface area contributed by atoms with Gasteiger partial charge in [0.05, 0.1) is 12.7 Å². The zero-order chi connectivity index (χ0) is 31.1. The molecule has 0 saturated carbocycles. The Morgan fingerprint density at radius 2 is 1.52 bits per heavy atom. The van der Waals surface area contributed by atoms with Crippen LogP contribution in [0.2, 0.25) is 0 Å². The third-order valence-electron chi connectivity index (χ3n) is 7.60.